The molecule has 1 aliphatic heterocycles. The SMILES string of the molecule is O=C1c2cc(Cl)c(Cl)cc2C(=O)N1S(=O)(=O)c1ccc(Cl)cc1. The van der Waals surface area contributed by atoms with Crippen molar-refractivity contribution in [1.29, 1.82) is 0 Å². The molecule has 5 nitrogen and oxygen atoms in total. The fourth-order valence-electron chi connectivity index (χ4n) is 2.14. The molecule has 0 radical (unpaired) electrons. The van der Waals surface area contributed by atoms with Crippen LogP contribution in [0.25, 0.3) is 0 Å². The molecule has 0 aliphatic carbocycles. The van der Waals surface area contributed by atoms with Gasteiger partial charge in [0.05, 0.1) is 26.1 Å². The maximum Gasteiger partial charge on any atom is 0.275 e. The van der Waals surface area contributed by atoms with Crippen LogP contribution in [0.4, 0.5) is 0 Å². The third-order valence-corrected chi connectivity index (χ3v) is 5.90. The number of hydrogen-bond donors (Lipinski definition) is 0. The number of halogens is 3. The summed E-state index contributed by atoms with van der Waals surface area (Å²) in [5, 5.41) is 0.430. The number of rotatable bonds is 2. The van der Waals surface area contributed by atoms with E-state index >= 15 is 0 Å². The van der Waals surface area contributed by atoms with E-state index in [4.69, 9.17) is 34.8 Å². The van der Waals surface area contributed by atoms with E-state index in [9.17, 15) is 18.0 Å². The maximum atomic E-state index is 12.6. The number of sulfonamides is 1. The highest BCUT2D eigenvalue weighted by Crippen LogP contribution is 2.34. The Bertz CT molecular complexity index is 914. The molecule has 23 heavy (non-hydrogen) atoms. The normalized spacial score (nSPS) is 14.3. The van der Waals surface area contributed by atoms with Gasteiger partial charge in [-0.2, -0.15) is 4.31 Å². The van der Waals surface area contributed by atoms with Crippen molar-refractivity contribution in [3.63, 3.8) is 0 Å². The second-order valence-electron chi connectivity index (χ2n) is 4.65. The summed E-state index contributed by atoms with van der Waals surface area (Å²) in [4.78, 5) is 24.5. The van der Waals surface area contributed by atoms with Crippen LogP contribution in [-0.4, -0.2) is 24.5 Å². The lowest BCUT2D eigenvalue weighted by atomic mass is 10.1. The van der Waals surface area contributed by atoms with Crippen LogP contribution in [0.2, 0.25) is 15.1 Å². The van der Waals surface area contributed by atoms with Gasteiger partial charge in [0.15, 0.2) is 0 Å². The average Bonchev–Trinajstić information content (AvgIpc) is 2.72. The van der Waals surface area contributed by atoms with Gasteiger partial charge in [-0.25, -0.2) is 8.42 Å². The van der Waals surface area contributed by atoms with Gasteiger partial charge in [-0.15, -0.1) is 0 Å². The van der Waals surface area contributed by atoms with Crippen molar-refractivity contribution in [2.45, 2.75) is 4.90 Å². The van der Waals surface area contributed by atoms with Gasteiger partial charge in [-0.3, -0.25) is 9.59 Å². The highest BCUT2D eigenvalue weighted by atomic mass is 35.5. The smallest absolute Gasteiger partial charge is 0.267 e. The van der Waals surface area contributed by atoms with E-state index in [1.54, 1.807) is 0 Å². The summed E-state index contributed by atoms with van der Waals surface area (Å²) in [6.45, 7) is 0. The molecular weight excluding hydrogens is 385 g/mol. The maximum absolute atomic E-state index is 12.6. The second-order valence-corrected chi connectivity index (χ2v) is 7.68. The zero-order valence-electron chi connectivity index (χ0n) is 11.1. The molecule has 0 N–H and O–H groups in total. The monoisotopic (exact) mass is 389 g/mol. The molecule has 1 heterocycles. The summed E-state index contributed by atoms with van der Waals surface area (Å²) in [7, 11) is -4.36. The lowest BCUT2D eigenvalue weighted by Crippen LogP contribution is -2.36. The molecular formula is C14H6Cl3NO4S. The number of carbonyl (C=O) groups is 2. The molecule has 2 aromatic rings. The van der Waals surface area contributed by atoms with E-state index in [2.05, 4.69) is 0 Å². The van der Waals surface area contributed by atoms with E-state index in [0.717, 1.165) is 0 Å². The average molecular weight is 391 g/mol. The van der Waals surface area contributed by atoms with Gasteiger partial charge < -0.3 is 0 Å². The van der Waals surface area contributed by atoms with Crippen molar-refractivity contribution < 1.29 is 18.0 Å². The van der Waals surface area contributed by atoms with Gasteiger partial charge in [-0.05, 0) is 36.4 Å². The van der Waals surface area contributed by atoms with Gasteiger partial charge >= 0.3 is 0 Å². The molecule has 1 aliphatic rings. The number of amides is 2. The van der Waals surface area contributed by atoms with Crippen molar-refractivity contribution in [1.82, 2.24) is 4.31 Å². The van der Waals surface area contributed by atoms with Crippen molar-refractivity contribution >= 4 is 56.6 Å². The molecule has 3 rings (SSSR count). The summed E-state index contributed by atoms with van der Waals surface area (Å²) >= 11 is 17.4. The number of carbonyl (C=O) groups excluding carboxylic acids is 2. The topological polar surface area (TPSA) is 71.5 Å². The molecule has 2 aromatic carbocycles. The summed E-state index contributed by atoms with van der Waals surface area (Å²) in [5.41, 5.74) is -0.219. The molecule has 9 heteroatoms. The third-order valence-electron chi connectivity index (χ3n) is 3.24. The molecule has 2 amide bonds. The molecule has 118 valence electrons. The minimum absolute atomic E-state index is 0.0531. The summed E-state index contributed by atoms with van der Waals surface area (Å²) < 4.78 is 25.4. The first kappa shape index (κ1) is 16.3. The van der Waals surface area contributed by atoms with Gasteiger partial charge in [-0.1, -0.05) is 34.8 Å². The van der Waals surface area contributed by atoms with Gasteiger partial charge in [0.25, 0.3) is 21.8 Å². The Hall–Kier alpha value is -1.60. The third kappa shape index (κ3) is 2.52. The summed E-state index contributed by atoms with van der Waals surface area (Å²) in [5.74, 6) is -1.95. The summed E-state index contributed by atoms with van der Waals surface area (Å²) in [6, 6.07) is 7.47. The molecule has 0 bridgehead atoms. The Kier molecular flexibility index (Phi) is 3.88. The minimum Gasteiger partial charge on any atom is -0.267 e. The zero-order valence-corrected chi connectivity index (χ0v) is 14.2. The minimum atomic E-state index is -4.36. The van der Waals surface area contributed by atoms with Gasteiger partial charge in [0, 0.05) is 5.02 Å². The molecule has 0 fully saturated rings. The first-order valence-corrected chi connectivity index (χ1v) is 8.69. The van der Waals surface area contributed by atoms with Crippen LogP contribution in [0.15, 0.2) is 41.3 Å². The van der Waals surface area contributed by atoms with E-state index in [1.165, 1.54) is 36.4 Å². The molecule has 0 atom stereocenters. The van der Waals surface area contributed by atoms with Gasteiger partial charge in [0.2, 0.25) is 0 Å². The molecule has 0 aromatic heterocycles. The Morgan fingerprint density at radius 1 is 0.783 bits per heavy atom. The first-order chi connectivity index (χ1) is 10.7. The molecule has 0 unspecified atom stereocenters. The lowest BCUT2D eigenvalue weighted by molar-refractivity contribution is 0.0765. The van der Waals surface area contributed by atoms with Crippen LogP contribution in [-0.2, 0) is 10.0 Å². The fourth-order valence-corrected chi connectivity index (χ4v) is 3.92. The van der Waals surface area contributed by atoms with E-state index in [1.807, 2.05) is 0 Å². The van der Waals surface area contributed by atoms with Gasteiger partial charge in [0.1, 0.15) is 0 Å². The second kappa shape index (κ2) is 5.49. The van der Waals surface area contributed by atoms with Crippen molar-refractivity contribution in [3.05, 3.63) is 62.6 Å². The predicted octanol–water partition coefficient (Wildman–Crippen LogP) is 3.63. The molecule has 0 spiro atoms. The summed E-state index contributed by atoms with van der Waals surface area (Å²) in [6.07, 6.45) is 0. The quantitative estimate of drug-likeness (QED) is 0.734. The highest BCUT2D eigenvalue weighted by Gasteiger charge is 2.44. The number of hydrogen-bond acceptors (Lipinski definition) is 4. The molecule has 0 saturated heterocycles. The fraction of sp³-hybridized carbons (Fsp3) is 0. The number of nitrogens with zero attached hydrogens (tertiary/aromatic N) is 1. The largest absolute Gasteiger partial charge is 0.275 e. The zero-order chi connectivity index (χ0) is 16.9. The van der Waals surface area contributed by atoms with Crippen LogP contribution in [0.1, 0.15) is 20.7 Å². The standard InChI is InChI=1S/C14H6Cl3NO4S/c15-7-1-3-8(4-2-7)23(21,22)18-13(19)9-5-11(16)12(17)6-10(9)14(18)20/h1-6H. The Labute approximate surface area is 146 Å². The highest BCUT2D eigenvalue weighted by molar-refractivity contribution is 7.90. The number of imide groups is 1. The Balaban J connectivity index is 2.13. The van der Waals surface area contributed by atoms with Crippen LogP contribution in [0, 0.1) is 0 Å². The van der Waals surface area contributed by atoms with E-state index in [0.29, 0.717) is 5.02 Å². The van der Waals surface area contributed by atoms with Crippen LogP contribution in [0.3, 0.4) is 0 Å². The first-order valence-electron chi connectivity index (χ1n) is 6.12. The predicted molar refractivity (Wildman–Crippen MR) is 85.6 cm³/mol. The van der Waals surface area contributed by atoms with E-state index in [-0.39, 0.29) is 30.4 Å². The van der Waals surface area contributed by atoms with Crippen molar-refractivity contribution in [2.75, 3.05) is 0 Å². The van der Waals surface area contributed by atoms with Crippen LogP contribution in [0.5, 0.6) is 0 Å². The number of benzene rings is 2. The Morgan fingerprint density at radius 3 is 1.65 bits per heavy atom. The lowest BCUT2D eigenvalue weighted by Gasteiger charge is -2.14. The molecule has 0 saturated carbocycles. The van der Waals surface area contributed by atoms with Crippen LogP contribution >= 0.6 is 34.8 Å². The number of fused-ring (bicyclic) bond motifs is 1. The van der Waals surface area contributed by atoms with E-state index < -0.39 is 21.8 Å². The van der Waals surface area contributed by atoms with Crippen LogP contribution < -0.4 is 0 Å². The van der Waals surface area contributed by atoms with Crippen molar-refractivity contribution in [2.24, 2.45) is 0 Å². The Morgan fingerprint density at radius 2 is 1.22 bits per heavy atom. The van der Waals surface area contributed by atoms with Crippen molar-refractivity contribution in [3.8, 4) is 0 Å².